The average Bonchev–Trinajstić information content (AvgIpc) is 2.41. The van der Waals surface area contributed by atoms with Crippen molar-refractivity contribution in [2.75, 3.05) is 37.4 Å². The van der Waals surface area contributed by atoms with Crippen LogP contribution in [0.2, 0.25) is 0 Å². The Morgan fingerprint density at radius 1 is 1.21 bits per heavy atom. The van der Waals surface area contributed by atoms with Gasteiger partial charge in [-0.25, -0.2) is 9.97 Å². The molecule has 5 heteroatoms. The van der Waals surface area contributed by atoms with E-state index in [4.69, 9.17) is 4.74 Å². The second-order valence-corrected chi connectivity index (χ2v) is 4.88. The number of ether oxygens (including phenoxy) is 1. The Kier molecular flexibility index (Phi) is 7.18. The number of hydrogen-bond donors (Lipinski definition) is 2. The van der Waals surface area contributed by atoms with E-state index < -0.39 is 0 Å². The molecule has 0 saturated heterocycles. The van der Waals surface area contributed by atoms with Gasteiger partial charge in [0.2, 0.25) is 0 Å². The number of aryl methyl sites for hydroxylation is 1. The van der Waals surface area contributed by atoms with Crippen LogP contribution in [0, 0.1) is 5.92 Å². The number of nitrogens with one attached hydrogen (secondary N) is 2. The van der Waals surface area contributed by atoms with Gasteiger partial charge >= 0.3 is 0 Å². The van der Waals surface area contributed by atoms with Gasteiger partial charge < -0.3 is 15.4 Å². The lowest BCUT2D eigenvalue weighted by Gasteiger charge is -2.10. The second kappa shape index (κ2) is 8.69. The van der Waals surface area contributed by atoms with E-state index in [1.54, 1.807) is 0 Å². The summed E-state index contributed by atoms with van der Waals surface area (Å²) in [7, 11) is 1.86. The molecule has 1 heterocycles. The number of nitrogens with zero attached hydrogens (tertiary/aromatic N) is 2. The highest BCUT2D eigenvalue weighted by Crippen LogP contribution is 2.10. The molecule has 0 fully saturated rings. The van der Waals surface area contributed by atoms with Crippen LogP contribution >= 0.6 is 0 Å². The van der Waals surface area contributed by atoms with Crippen LogP contribution in [0.1, 0.15) is 33.0 Å². The van der Waals surface area contributed by atoms with Gasteiger partial charge in [-0.15, -0.1) is 0 Å². The third-order valence-electron chi connectivity index (χ3n) is 2.74. The third-order valence-corrected chi connectivity index (χ3v) is 2.74. The average molecular weight is 266 g/mol. The zero-order valence-corrected chi connectivity index (χ0v) is 12.5. The maximum Gasteiger partial charge on any atom is 0.132 e. The van der Waals surface area contributed by atoms with E-state index in [1.807, 2.05) is 20.0 Å². The Labute approximate surface area is 116 Å². The fraction of sp³-hybridized carbons (Fsp3) is 0.714. The van der Waals surface area contributed by atoms with E-state index in [-0.39, 0.29) is 0 Å². The Morgan fingerprint density at radius 2 is 1.95 bits per heavy atom. The number of aromatic nitrogens is 2. The maximum absolute atomic E-state index is 5.56. The summed E-state index contributed by atoms with van der Waals surface area (Å²) in [5.41, 5.74) is 0. The minimum absolute atomic E-state index is 0.695. The Morgan fingerprint density at radius 3 is 2.58 bits per heavy atom. The molecule has 0 bridgehead atoms. The van der Waals surface area contributed by atoms with Gasteiger partial charge in [0.05, 0.1) is 6.61 Å². The number of rotatable bonds is 9. The molecule has 0 spiro atoms. The summed E-state index contributed by atoms with van der Waals surface area (Å²) in [5.74, 6) is 3.23. The van der Waals surface area contributed by atoms with Crippen molar-refractivity contribution in [1.29, 1.82) is 0 Å². The normalized spacial score (nSPS) is 10.8. The summed E-state index contributed by atoms with van der Waals surface area (Å²) in [6.07, 6.45) is 1.94. The molecule has 19 heavy (non-hydrogen) atoms. The van der Waals surface area contributed by atoms with Crippen molar-refractivity contribution in [3.63, 3.8) is 0 Å². The molecule has 0 amide bonds. The molecule has 0 aliphatic heterocycles. The van der Waals surface area contributed by atoms with Crippen LogP contribution < -0.4 is 10.6 Å². The van der Waals surface area contributed by atoms with Gasteiger partial charge in [-0.1, -0.05) is 20.8 Å². The summed E-state index contributed by atoms with van der Waals surface area (Å²) in [4.78, 5) is 8.78. The van der Waals surface area contributed by atoms with Crippen molar-refractivity contribution in [1.82, 2.24) is 9.97 Å². The van der Waals surface area contributed by atoms with E-state index in [0.717, 1.165) is 43.5 Å². The highest BCUT2D eigenvalue weighted by Gasteiger charge is 2.02. The summed E-state index contributed by atoms with van der Waals surface area (Å²) in [6, 6.07) is 1.91. The summed E-state index contributed by atoms with van der Waals surface area (Å²) >= 11 is 0. The maximum atomic E-state index is 5.56. The standard InChI is InChI=1S/C14H26N4O/c1-5-12-17-13(15-4)10-14(18-12)16-7-9-19-8-6-11(2)3/h10-11H,5-9H2,1-4H3,(H2,15,16,17,18). The zero-order chi connectivity index (χ0) is 14.1. The van der Waals surface area contributed by atoms with Crippen LogP contribution in [0.15, 0.2) is 6.07 Å². The first-order chi connectivity index (χ1) is 9.15. The minimum atomic E-state index is 0.695. The quantitative estimate of drug-likeness (QED) is 0.673. The Balaban J connectivity index is 2.32. The smallest absolute Gasteiger partial charge is 0.132 e. The van der Waals surface area contributed by atoms with E-state index in [0.29, 0.717) is 12.5 Å². The molecule has 2 N–H and O–H groups in total. The third kappa shape index (κ3) is 6.38. The van der Waals surface area contributed by atoms with Crippen LogP contribution in [0.4, 0.5) is 11.6 Å². The monoisotopic (exact) mass is 266 g/mol. The van der Waals surface area contributed by atoms with Gasteiger partial charge in [0.15, 0.2) is 0 Å². The summed E-state index contributed by atoms with van der Waals surface area (Å²) < 4.78 is 5.56. The zero-order valence-electron chi connectivity index (χ0n) is 12.5. The highest BCUT2D eigenvalue weighted by molar-refractivity contribution is 5.47. The van der Waals surface area contributed by atoms with Crippen LogP contribution in [0.25, 0.3) is 0 Å². The Hall–Kier alpha value is -1.36. The van der Waals surface area contributed by atoms with Crippen LogP contribution in [0.5, 0.6) is 0 Å². The molecule has 0 radical (unpaired) electrons. The first-order valence-corrected chi connectivity index (χ1v) is 7.03. The molecule has 1 aromatic heterocycles. The first-order valence-electron chi connectivity index (χ1n) is 7.03. The van der Waals surface area contributed by atoms with Gasteiger partial charge in [0.25, 0.3) is 0 Å². The Bertz CT molecular complexity index is 346. The van der Waals surface area contributed by atoms with E-state index in [2.05, 4.69) is 34.4 Å². The lowest BCUT2D eigenvalue weighted by molar-refractivity contribution is 0.132. The molecule has 0 saturated carbocycles. The van der Waals surface area contributed by atoms with Crippen LogP contribution in [-0.4, -0.2) is 36.8 Å². The number of anilines is 2. The molecule has 108 valence electrons. The molecule has 5 nitrogen and oxygen atoms in total. The molecule has 0 aromatic carbocycles. The van der Waals surface area contributed by atoms with Gasteiger partial charge in [0, 0.05) is 32.7 Å². The molecule has 0 aliphatic carbocycles. The summed E-state index contributed by atoms with van der Waals surface area (Å²) in [6.45, 7) is 8.75. The van der Waals surface area contributed by atoms with Crippen molar-refractivity contribution in [2.24, 2.45) is 5.92 Å². The summed E-state index contributed by atoms with van der Waals surface area (Å²) in [5, 5.41) is 6.31. The largest absolute Gasteiger partial charge is 0.380 e. The minimum Gasteiger partial charge on any atom is -0.380 e. The molecule has 1 aromatic rings. The fourth-order valence-corrected chi connectivity index (χ4v) is 1.55. The molecule has 0 unspecified atom stereocenters. The topological polar surface area (TPSA) is 59.1 Å². The molecule has 0 atom stereocenters. The molecular weight excluding hydrogens is 240 g/mol. The lowest BCUT2D eigenvalue weighted by Crippen LogP contribution is -2.13. The predicted octanol–water partition coefficient (Wildman–Crippen LogP) is 2.56. The molecule has 0 aliphatic rings. The van der Waals surface area contributed by atoms with Gasteiger partial charge in [-0.05, 0) is 12.3 Å². The fourth-order valence-electron chi connectivity index (χ4n) is 1.55. The SMILES string of the molecule is CCc1nc(NC)cc(NCCOCCC(C)C)n1. The van der Waals surface area contributed by atoms with E-state index in [9.17, 15) is 0 Å². The van der Waals surface area contributed by atoms with Crippen molar-refractivity contribution in [2.45, 2.75) is 33.6 Å². The van der Waals surface area contributed by atoms with Crippen molar-refractivity contribution in [3.8, 4) is 0 Å². The van der Waals surface area contributed by atoms with Gasteiger partial charge in [-0.2, -0.15) is 0 Å². The number of hydrogen-bond acceptors (Lipinski definition) is 5. The van der Waals surface area contributed by atoms with Crippen molar-refractivity contribution >= 4 is 11.6 Å². The van der Waals surface area contributed by atoms with Crippen molar-refractivity contribution < 1.29 is 4.74 Å². The predicted molar refractivity (Wildman–Crippen MR) is 79.7 cm³/mol. The first kappa shape index (κ1) is 15.7. The lowest BCUT2D eigenvalue weighted by atomic mass is 10.1. The molecule has 1 rings (SSSR count). The van der Waals surface area contributed by atoms with Crippen LogP contribution in [-0.2, 0) is 11.2 Å². The van der Waals surface area contributed by atoms with Gasteiger partial charge in [-0.3, -0.25) is 0 Å². The highest BCUT2D eigenvalue weighted by atomic mass is 16.5. The van der Waals surface area contributed by atoms with E-state index in [1.165, 1.54) is 0 Å². The van der Waals surface area contributed by atoms with Gasteiger partial charge in [0.1, 0.15) is 17.5 Å². The second-order valence-electron chi connectivity index (χ2n) is 4.88. The van der Waals surface area contributed by atoms with E-state index >= 15 is 0 Å². The molecular formula is C14H26N4O. The van der Waals surface area contributed by atoms with Crippen LogP contribution in [0.3, 0.4) is 0 Å². The van der Waals surface area contributed by atoms with Crippen molar-refractivity contribution in [3.05, 3.63) is 11.9 Å².